The molecule has 0 saturated heterocycles. The van der Waals surface area contributed by atoms with E-state index in [0.717, 1.165) is 30.1 Å². The maximum absolute atomic E-state index is 5.92. The summed E-state index contributed by atoms with van der Waals surface area (Å²) in [6, 6.07) is 5.36. The number of hydrogen-bond donors (Lipinski definition) is 1. The van der Waals surface area contributed by atoms with E-state index in [-0.39, 0.29) is 0 Å². The molecule has 1 heterocycles. The summed E-state index contributed by atoms with van der Waals surface area (Å²) in [6.07, 6.45) is 4.76. The second-order valence-corrected chi connectivity index (χ2v) is 6.06. The zero-order chi connectivity index (χ0) is 14.1. The molecule has 1 aromatic heterocycles. The summed E-state index contributed by atoms with van der Waals surface area (Å²) in [5.41, 5.74) is 7.14. The summed E-state index contributed by atoms with van der Waals surface area (Å²) < 4.78 is 5.37. The minimum atomic E-state index is 0.424. The molecule has 0 aliphatic heterocycles. The molecule has 0 radical (unpaired) electrons. The van der Waals surface area contributed by atoms with Crippen LogP contribution in [0, 0.1) is 5.92 Å². The Labute approximate surface area is 123 Å². The van der Waals surface area contributed by atoms with Gasteiger partial charge in [0.2, 0.25) is 0 Å². The Morgan fingerprint density at radius 2 is 2.00 bits per heavy atom. The van der Waals surface area contributed by atoms with E-state index in [1.54, 1.807) is 12.1 Å². The van der Waals surface area contributed by atoms with Crippen LogP contribution in [0.2, 0.25) is 5.02 Å². The summed E-state index contributed by atoms with van der Waals surface area (Å²) in [6.45, 7) is 2.30. The number of hydrogen-bond acceptors (Lipinski definition) is 4. The van der Waals surface area contributed by atoms with Crippen molar-refractivity contribution in [3.05, 3.63) is 29.0 Å². The lowest BCUT2D eigenvalue weighted by Gasteiger charge is -2.23. The molecule has 1 aromatic carbocycles. The fourth-order valence-electron chi connectivity index (χ4n) is 2.71. The first kappa shape index (κ1) is 13.4. The maximum atomic E-state index is 5.92. The van der Waals surface area contributed by atoms with Gasteiger partial charge < -0.3 is 10.3 Å². The van der Waals surface area contributed by atoms with Crippen LogP contribution in [0.3, 0.4) is 0 Å². The third kappa shape index (κ3) is 2.66. The largest absolute Gasteiger partial charge is 0.398 e. The number of rotatable bonds is 2. The summed E-state index contributed by atoms with van der Waals surface area (Å²) in [4.78, 5) is 4.52. The van der Waals surface area contributed by atoms with Crippen molar-refractivity contribution in [1.82, 2.24) is 10.1 Å². The predicted molar refractivity (Wildman–Crippen MR) is 79.5 cm³/mol. The molecule has 2 N–H and O–H groups in total. The van der Waals surface area contributed by atoms with Gasteiger partial charge in [-0.15, -0.1) is 0 Å². The number of nitrogen functional groups attached to an aromatic ring is 1. The minimum Gasteiger partial charge on any atom is -0.398 e. The van der Waals surface area contributed by atoms with E-state index in [2.05, 4.69) is 17.1 Å². The standard InChI is InChI=1S/C15H18ClN3O/c1-9-2-4-10(5-3-9)14-18-15(20-19-14)11-6-7-12(16)13(17)8-11/h6-10H,2-5,17H2,1H3. The molecule has 0 bridgehead atoms. The lowest BCUT2D eigenvalue weighted by Crippen LogP contribution is -2.11. The van der Waals surface area contributed by atoms with Gasteiger partial charge in [-0.3, -0.25) is 0 Å². The molecule has 0 atom stereocenters. The van der Waals surface area contributed by atoms with Gasteiger partial charge in [-0.25, -0.2) is 0 Å². The van der Waals surface area contributed by atoms with Crippen LogP contribution in [0.4, 0.5) is 5.69 Å². The summed E-state index contributed by atoms with van der Waals surface area (Å²) >= 11 is 5.92. The van der Waals surface area contributed by atoms with Crippen LogP contribution in [0.5, 0.6) is 0 Å². The molecule has 1 aliphatic carbocycles. The van der Waals surface area contributed by atoms with E-state index >= 15 is 0 Å². The number of anilines is 1. The number of halogens is 1. The molecule has 0 spiro atoms. The van der Waals surface area contributed by atoms with E-state index in [0.29, 0.717) is 22.5 Å². The predicted octanol–water partition coefficient (Wildman–Crippen LogP) is 4.27. The number of nitrogens with two attached hydrogens (primary N) is 1. The molecule has 4 nitrogen and oxygen atoms in total. The molecule has 5 heteroatoms. The fraction of sp³-hybridized carbons (Fsp3) is 0.467. The van der Waals surface area contributed by atoms with Gasteiger partial charge in [-0.05, 0) is 37.0 Å². The van der Waals surface area contributed by atoms with Crippen LogP contribution in [-0.2, 0) is 0 Å². The van der Waals surface area contributed by atoms with Crippen molar-refractivity contribution >= 4 is 17.3 Å². The molecule has 1 aliphatic rings. The average Bonchev–Trinajstić information content (AvgIpc) is 2.92. The molecular weight excluding hydrogens is 274 g/mol. The van der Waals surface area contributed by atoms with E-state index < -0.39 is 0 Å². The second kappa shape index (κ2) is 5.44. The van der Waals surface area contributed by atoms with E-state index in [4.69, 9.17) is 21.9 Å². The quantitative estimate of drug-likeness (QED) is 0.839. The van der Waals surface area contributed by atoms with Crippen molar-refractivity contribution in [2.75, 3.05) is 5.73 Å². The van der Waals surface area contributed by atoms with E-state index in [1.165, 1.54) is 12.8 Å². The normalized spacial score (nSPS) is 22.9. The van der Waals surface area contributed by atoms with Crippen LogP contribution < -0.4 is 5.73 Å². The molecule has 1 saturated carbocycles. The molecule has 3 rings (SSSR count). The number of benzene rings is 1. The summed E-state index contributed by atoms with van der Waals surface area (Å²) in [5, 5.41) is 4.67. The molecule has 0 amide bonds. The third-order valence-corrected chi connectivity index (χ3v) is 4.41. The van der Waals surface area contributed by atoms with Crippen molar-refractivity contribution in [3.63, 3.8) is 0 Å². The third-order valence-electron chi connectivity index (χ3n) is 4.07. The summed E-state index contributed by atoms with van der Waals surface area (Å²) in [7, 11) is 0. The van der Waals surface area contributed by atoms with Crippen LogP contribution >= 0.6 is 11.6 Å². The van der Waals surface area contributed by atoms with Gasteiger partial charge in [0.25, 0.3) is 5.89 Å². The maximum Gasteiger partial charge on any atom is 0.258 e. The Bertz CT molecular complexity index is 603. The fourth-order valence-corrected chi connectivity index (χ4v) is 2.83. The number of aromatic nitrogens is 2. The molecular formula is C15H18ClN3O. The second-order valence-electron chi connectivity index (χ2n) is 5.65. The SMILES string of the molecule is CC1CCC(c2noc(-c3ccc(Cl)c(N)c3)n2)CC1. The molecule has 2 aromatic rings. The van der Waals surface area contributed by atoms with Crippen LogP contribution in [0.1, 0.15) is 44.3 Å². The highest BCUT2D eigenvalue weighted by Gasteiger charge is 2.24. The van der Waals surface area contributed by atoms with Crippen molar-refractivity contribution in [2.24, 2.45) is 5.92 Å². The van der Waals surface area contributed by atoms with Crippen molar-refractivity contribution < 1.29 is 4.52 Å². The Hall–Kier alpha value is -1.55. The molecule has 0 unspecified atom stereocenters. The van der Waals surface area contributed by atoms with E-state index in [1.807, 2.05) is 6.07 Å². The lowest BCUT2D eigenvalue weighted by atomic mass is 9.83. The zero-order valence-corrected chi connectivity index (χ0v) is 12.2. The van der Waals surface area contributed by atoms with Gasteiger partial charge in [-0.2, -0.15) is 4.98 Å². The van der Waals surface area contributed by atoms with Crippen LogP contribution in [0.15, 0.2) is 22.7 Å². The first-order valence-electron chi connectivity index (χ1n) is 7.02. The highest BCUT2D eigenvalue weighted by molar-refractivity contribution is 6.33. The average molecular weight is 292 g/mol. The Morgan fingerprint density at radius 3 is 2.70 bits per heavy atom. The number of nitrogens with zero attached hydrogens (tertiary/aromatic N) is 2. The van der Waals surface area contributed by atoms with Gasteiger partial charge in [0.05, 0.1) is 10.7 Å². The van der Waals surface area contributed by atoms with Crippen LogP contribution in [0.25, 0.3) is 11.5 Å². The topological polar surface area (TPSA) is 64.9 Å². The van der Waals surface area contributed by atoms with Crippen LogP contribution in [-0.4, -0.2) is 10.1 Å². The van der Waals surface area contributed by atoms with Crippen molar-refractivity contribution in [1.29, 1.82) is 0 Å². The first-order chi connectivity index (χ1) is 9.63. The van der Waals surface area contributed by atoms with Crippen molar-refractivity contribution in [3.8, 4) is 11.5 Å². The van der Waals surface area contributed by atoms with Gasteiger partial charge >= 0.3 is 0 Å². The first-order valence-corrected chi connectivity index (χ1v) is 7.40. The highest BCUT2D eigenvalue weighted by atomic mass is 35.5. The highest BCUT2D eigenvalue weighted by Crippen LogP contribution is 2.35. The minimum absolute atomic E-state index is 0.424. The zero-order valence-electron chi connectivity index (χ0n) is 11.5. The lowest BCUT2D eigenvalue weighted by molar-refractivity contribution is 0.329. The van der Waals surface area contributed by atoms with Gasteiger partial charge in [0, 0.05) is 11.5 Å². The molecule has 106 valence electrons. The Morgan fingerprint density at radius 1 is 1.25 bits per heavy atom. The van der Waals surface area contributed by atoms with Gasteiger partial charge in [0.1, 0.15) is 0 Å². The Kier molecular flexibility index (Phi) is 3.66. The summed E-state index contributed by atoms with van der Waals surface area (Å²) in [5.74, 6) is 2.57. The monoisotopic (exact) mass is 291 g/mol. The smallest absolute Gasteiger partial charge is 0.258 e. The van der Waals surface area contributed by atoms with Crippen molar-refractivity contribution in [2.45, 2.75) is 38.5 Å². The van der Waals surface area contributed by atoms with E-state index in [9.17, 15) is 0 Å². The van der Waals surface area contributed by atoms with Gasteiger partial charge in [-0.1, -0.05) is 36.5 Å². The Balaban J connectivity index is 1.81. The molecule has 20 heavy (non-hydrogen) atoms. The van der Waals surface area contributed by atoms with Gasteiger partial charge in [0.15, 0.2) is 5.82 Å². The molecule has 1 fully saturated rings.